The maximum absolute atomic E-state index is 13.5. The number of fused-ring (bicyclic) bond motifs is 2. The molecule has 0 radical (unpaired) electrons. The Labute approximate surface area is 320 Å². The second-order valence-electron chi connectivity index (χ2n) is 13.4. The number of oxazole rings is 1. The van der Waals surface area contributed by atoms with Gasteiger partial charge in [-0.1, -0.05) is 12.2 Å². The van der Waals surface area contributed by atoms with E-state index in [2.05, 4.69) is 30.6 Å². The largest absolute Gasteiger partial charge is 0.436 e. The molecule has 6 aromatic rings. The minimum atomic E-state index is -0.603. The molecule has 0 aliphatic carbocycles. The number of morpholine rings is 1. The highest BCUT2D eigenvalue weighted by Gasteiger charge is 2.24. The lowest BCUT2D eigenvalue weighted by Gasteiger charge is -2.27. The molecular weight excluding hydrogens is 720 g/mol. The van der Waals surface area contributed by atoms with Crippen molar-refractivity contribution < 1.29 is 28.3 Å². The van der Waals surface area contributed by atoms with Crippen LogP contribution in [0.3, 0.4) is 0 Å². The van der Waals surface area contributed by atoms with Crippen molar-refractivity contribution in [3.05, 3.63) is 94.0 Å². The quantitative estimate of drug-likeness (QED) is 0.125. The number of carbonyl (C=O) groups is 4. The minimum absolute atomic E-state index is 0.0567. The van der Waals surface area contributed by atoms with Crippen LogP contribution >= 0.6 is 0 Å². The first-order valence-electron chi connectivity index (χ1n) is 18.1. The Morgan fingerprint density at radius 1 is 0.821 bits per heavy atom. The van der Waals surface area contributed by atoms with E-state index in [4.69, 9.17) is 25.6 Å². The van der Waals surface area contributed by atoms with Gasteiger partial charge in [0, 0.05) is 57.3 Å². The van der Waals surface area contributed by atoms with Crippen molar-refractivity contribution in [3.8, 4) is 0 Å². The number of hydrogen-bond acceptors (Lipinski definition) is 11. The second kappa shape index (κ2) is 15.6. The number of rotatable bonds is 13. The summed E-state index contributed by atoms with van der Waals surface area (Å²) in [5.41, 5.74) is 16.5. The zero-order valence-corrected chi connectivity index (χ0v) is 31.5. The Kier molecular flexibility index (Phi) is 10.5. The fraction of sp³-hybridized carbons (Fsp3) is 0.316. The summed E-state index contributed by atoms with van der Waals surface area (Å²) in [4.78, 5) is 67.3. The summed E-state index contributed by atoms with van der Waals surface area (Å²) in [6.07, 6.45) is 3.78. The van der Waals surface area contributed by atoms with E-state index >= 15 is 0 Å². The van der Waals surface area contributed by atoms with Crippen molar-refractivity contribution in [3.63, 3.8) is 0 Å². The van der Waals surface area contributed by atoms with E-state index in [1.54, 1.807) is 59.5 Å². The summed E-state index contributed by atoms with van der Waals surface area (Å²) in [7, 11) is 0. The molecular formula is C38H42N12O6. The summed E-state index contributed by atoms with van der Waals surface area (Å²) >= 11 is 0. The molecule has 5 heterocycles. The lowest BCUT2D eigenvalue weighted by Crippen LogP contribution is -2.35. The molecule has 4 amide bonds. The van der Waals surface area contributed by atoms with Crippen molar-refractivity contribution in [2.75, 3.05) is 36.9 Å². The number of imidazole rings is 2. The molecule has 0 saturated carbocycles. The van der Waals surface area contributed by atoms with E-state index < -0.39 is 23.6 Å². The Hall–Kier alpha value is -6.66. The van der Waals surface area contributed by atoms with Gasteiger partial charge in [-0.2, -0.15) is 5.10 Å². The molecule has 56 heavy (non-hydrogen) atoms. The summed E-state index contributed by atoms with van der Waals surface area (Å²) < 4.78 is 16.4. The highest BCUT2D eigenvalue weighted by atomic mass is 16.5. The fourth-order valence-corrected chi connectivity index (χ4v) is 6.85. The minimum Gasteiger partial charge on any atom is -0.436 e. The van der Waals surface area contributed by atoms with Gasteiger partial charge in [0.1, 0.15) is 5.69 Å². The average Bonchev–Trinajstić information content (AvgIpc) is 3.92. The zero-order valence-electron chi connectivity index (χ0n) is 31.5. The van der Waals surface area contributed by atoms with E-state index in [0.717, 1.165) is 5.56 Å². The number of nitrogens with zero attached hydrogens (tertiary/aromatic N) is 8. The van der Waals surface area contributed by atoms with Crippen LogP contribution in [-0.4, -0.2) is 88.7 Å². The van der Waals surface area contributed by atoms with Crippen LogP contribution in [-0.2, 0) is 30.9 Å². The number of allylic oxidation sites excluding steroid dienone is 2. The van der Waals surface area contributed by atoms with Crippen LogP contribution in [0.2, 0.25) is 0 Å². The van der Waals surface area contributed by atoms with Crippen LogP contribution in [0.5, 0.6) is 0 Å². The molecule has 18 heteroatoms. The third-order valence-corrected chi connectivity index (χ3v) is 9.47. The first-order valence-corrected chi connectivity index (χ1v) is 18.1. The number of amides is 4. The molecule has 1 aliphatic rings. The molecule has 18 nitrogen and oxygen atoms in total. The molecule has 290 valence electrons. The normalized spacial score (nSPS) is 13.6. The van der Waals surface area contributed by atoms with Crippen molar-refractivity contribution >= 4 is 57.6 Å². The number of hydrogen-bond donors (Lipinski definition) is 4. The maximum Gasteiger partial charge on any atom is 0.295 e. The molecule has 0 unspecified atom stereocenters. The predicted molar refractivity (Wildman–Crippen MR) is 206 cm³/mol. The van der Waals surface area contributed by atoms with Gasteiger partial charge in [-0.05, 0) is 62.7 Å². The molecule has 7 rings (SSSR count). The van der Waals surface area contributed by atoms with Crippen molar-refractivity contribution in [1.29, 1.82) is 0 Å². The summed E-state index contributed by atoms with van der Waals surface area (Å²) in [5.74, 6) is -1.25. The highest BCUT2D eigenvalue weighted by Crippen LogP contribution is 2.28. The predicted octanol–water partition coefficient (Wildman–Crippen LogP) is 3.31. The molecule has 6 N–H and O–H groups in total. The van der Waals surface area contributed by atoms with E-state index in [-0.39, 0.29) is 36.3 Å². The van der Waals surface area contributed by atoms with Gasteiger partial charge in [-0.3, -0.25) is 39.4 Å². The summed E-state index contributed by atoms with van der Waals surface area (Å²) in [5, 5.41) is 10.2. The van der Waals surface area contributed by atoms with E-state index in [1.807, 2.05) is 30.6 Å². The number of benzene rings is 2. The molecule has 0 atom stereocenters. The Balaban J connectivity index is 1.25. The van der Waals surface area contributed by atoms with E-state index in [0.29, 0.717) is 90.0 Å². The number of carbonyl (C=O) groups excluding carboxylic acids is 4. The van der Waals surface area contributed by atoms with Crippen molar-refractivity contribution in [1.82, 2.24) is 38.8 Å². The third-order valence-electron chi connectivity index (χ3n) is 9.47. The molecule has 1 saturated heterocycles. The van der Waals surface area contributed by atoms with Crippen LogP contribution in [0.4, 0.5) is 11.9 Å². The monoisotopic (exact) mass is 762 g/mol. The number of ether oxygens (including phenoxy) is 1. The summed E-state index contributed by atoms with van der Waals surface area (Å²) in [6.45, 7) is 11.1. The van der Waals surface area contributed by atoms with Gasteiger partial charge >= 0.3 is 0 Å². The second-order valence-corrected chi connectivity index (χ2v) is 13.4. The molecule has 1 fully saturated rings. The number of anilines is 2. The standard InChI is InChI=1S/C38H42N12O6/c1-5-50-30(16-21(2)46-50)35(53)44-37-42-27-18-24(33(39)51)8-9-29(27)48(37)10-6-7-11-49-31-26(20-47-12-14-55-15-13-47)17-25(34(40)52)19-28(31)43-38(49)45-36(54)32-22(3)41-23(4)56-32/h6-9,16-19H,5,10-15,20H2,1-4H3,(H2,39,51)(H2,40,52)(H,42,44,53)(H,43,45,54). The lowest BCUT2D eigenvalue weighted by atomic mass is 10.1. The first-order chi connectivity index (χ1) is 26.9. The molecule has 0 bridgehead atoms. The van der Waals surface area contributed by atoms with Crippen LogP contribution < -0.4 is 22.1 Å². The topological polar surface area (TPSA) is 236 Å². The van der Waals surface area contributed by atoms with E-state index in [1.165, 1.54) is 0 Å². The molecule has 1 aliphatic heterocycles. The number of aromatic nitrogens is 7. The number of nitrogens with two attached hydrogens (primary N) is 2. The Bertz CT molecular complexity index is 2530. The number of aryl methyl sites for hydroxylation is 4. The van der Waals surface area contributed by atoms with Crippen LogP contribution in [0.1, 0.15) is 71.5 Å². The summed E-state index contributed by atoms with van der Waals surface area (Å²) in [6, 6.07) is 9.98. The average molecular weight is 763 g/mol. The van der Waals surface area contributed by atoms with Gasteiger partial charge in [-0.15, -0.1) is 0 Å². The maximum atomic E-state index is 13.5. The first kappa shape index (κ1) is 37.6. The molecule has 2 aromatic carbocycles. The van der Waals surface area contributed by atoms with E-state index in [9.17, 15) is 19.2 Å². The van der Waals surface area contributed by atoms with Crippen LogP contribution in [0.15, 0.2) is 53.0 Å². The molecule has 0 spiro atoms. The number of nitrogens with one attached hydrogen (secondary N) is 2. The smallest absolute Gasteiger partial charge is 0.295 e. The van der Waals surface area contributed by atoms with Crippen molar-refractivity contribution in [2.45, 2.75) is 53.9 Å². The third kappa shape index (κ3) is 7.64. The number of primary amides is 2. The van der Waals surface area contributed by atoms with Crippen LogP contribution in [0.25, 0.3) is 22.1 Å². The Morgan fingerprint density at radius 3 is 2.16 bits per heavy atom. The lowest BCUT2D eigenvalue weighted by molar-refractivity contribution is 0.0343. The van der Waals surface area contributed by atoms with Gasteiger partial charge in [0.15, 0.2) is 5.89 Å². The van der Waals surface area contributed by atoms with Gasteiger partial charge < -0.3 is 29.8 Å². The molecule has 4 aromatic heterocycles. The van der Waals surface area contributed by atoms with Gasteiger partial charge in [0.05, 0.1) is 46.7 Å². The van der Waals surface area contributed by atoms with Gasteiger partial charge in [0.25, 0.3) is 11.8 Å². The highest BCUT2D eigenvalue weighted by molar-refractivity contribution is 6.04. The zero-order chi connectivity index (χ0) is 39.7. The van der Waals surface area contributed by atoms with Gasteiger partial charge in [0.2, 0.25) is 29.5 Å². The Morgan fingerprint density at radius 2 is 1.48 bits per heavy atom. The van der Waals surface area contributed by atoms with Crippen LogP contribution in [0, 0.1) is 20.8 Å². The van der Waals surface area contributed by atoms with Gasteiger partial charge in [-0.25, -0.2) is 15.0 Å². The van der Waals surface area contributed by atoms with Crippen molar-refractivity contribution in [2.24, 2.45) is 11.5 Å². The SMILES string of the molecule is CCn1nc(C)cc1C(=O)Nc1nc2cc(C(N)=O)ccc2n1CC=CCn1c(NC(=O)c2oc(C)nc2C)nc2cc(C(N)=O)cc(CN3CCOCC3)c21. The fourth-order valence-electron chi connectivity index (χ4n) is 6.85.